The van der Waals surface area contributed by atoms with Gasteiger partial charge in [-0.05, 0) is 6.92 Å². The third kappa shape index (κ3) is 1.27. The van der Waals surface area contributed by atoms with Crippen LogP contribution in [0.1, 0.15) is 13.3 Å². The van der Waals surface area contributed by atoms with E-state index in [1.807, 2.05) is 13.0 Å². The molecule has 1 amide bonds. The van der Waals surface area contributed by atoms with E-state index >= 15 is 0 Å². The molecule has 1 N–H and O–H groups in total. The Balaban J connectivity index is 2.39. The number of carbonyl (C=O) groups is 1. The standard InChI is InChI=1S/C7H10N2O2/c1-5-6(2-3-8)4-9(5)7(10)11/h5-6H,2,4H2,1H3,(H,10,11)/t5-,6+/m0/s1. The van der Waals surface area contributed by atoms with Crippen LogP contribution in [0.3, 0.4) is 0 Å². The Morgan fingerprint density at radius 1 is 1.91 bits per heavy atom. The predicted molar refractivity (Wildman–Crippen MR) is 37.9 cm³/mol. The molecule has 0 saturated carbocycles. The Morgan fingerprint density at radius 3 is 2.91 bits per heavy atom. The summed E-state index contributed by atoms with van der Waals surface area (Å²) in [5, 5.41) is 16.9. The number of likely N-dealkylation sites (tertiary alicyclic amines) is 1. The molecule has 0 bridgehead atoms. The Morgan fingerprint density at radius 2 is 2.55 bits per heavy atom. The highest BCUT2D eigenvalue weighted by atomic mass is 16.4. The lowest BCUT2D eigenvalue weighted by molar-refractivity contribution is 0.0350. The third-order valence-electron chi connectivity index (χ3n) is 2.20. The third-order valence-corrected chi connectivity index (χ3v) is 2.20. The second kappa shape index (κ2) is 2.79. The summed E-state index contributed by atoms with van der Waals surface area (Å²) in [6.07, 6.45) is -0.419. The molecule has 0 aromatic heterocycles. The maximum absolute atomic E-state index is 10.4. The molecule has 0 radical (unpaired) electrons. The zero-order chi connectivity index (χ0) is 8.43. The lowest BCUT2D eigenvalue weighted by Gasteiger charge is -2.43. The molecule has 1 rings (SSSR count). The van der Waals surface area contributed by atoms with Crippen molar-refractivity contribution >= 4 is 6.09 Å². The van der Waals surface area contributed by atoms with Crippen molar-refractivity contribution in [1.29, 1.82) is 5.26 Å². The molecule has 0 spiro atoms. The van der Waals surface area contributed by atoms with E-state index in [0.717, 1.165) is 0 Å². The van der Waals surface area contributed by atoms with Crippen LogP contribution in [0.5, 0.6) is 0 Å². The van der Waals surface area contributed by atoms with Gasteiger partial charge in [-0.25, -0.2) is 4.79 Å². The molecule has 60 valence electrons. The summed E-state index contributed by atoms with van der Waals surface area (Å²) < 4.78 is 0. The van der Waals surface area contributed by atoms with Crippen LogP contribution in [-0.2, 0) is 0 Å². The molecule has 0 aliphatic carbocycles. The van der Waals surface area contributed by atoms with E-state index in [2.05, 4.69) is 0 Å². The van der Waals surface area contributed by atoms with Crippen molar-refractivity contribution in [2.45, 2.75) is 19.4 Å². The molecule has 1 aliphatic rings. The molecule has 4 nitrogen and oxygen atoms in total. The molecule has 2 atom stereocenters. The van der Waals surface area contributed by atoms with Crippen molar-refractivity contribution in [3.63, 3.8) is 0 Å². The first kappa shape index (κ1) is 7.86. The number of amides is 1. The molecule has 1 saturated heterocycles. The van der Waals surface area contributed by atoms with Gasteiger partial charge in [-0.1, -0.05) is 0 Å². The minimum atomic E-state index is -0.883. The van der Waals surface area contributed by atoms with E-state index < -0.39 is 6.09 Å². The second-order valence-electron chi connectivity index (χ2n) is 2.80. The first-order valence-corrected chi connectivity index (χ1v) is 3.53. The van der Waals surface area contributed by atoms with Crippen LogP contribution in [0.2, 0.25) is 0 Å². The maximum atomic E-state index is 10.4. The number of hydrogen-bond acceptors (Lipinski definition) is 2. The first-order valence-electron chi connectivity index (χ1n) is 3.53. The normalized spacial score (nSPS) is 28.9. The molecular weight excluding hydrogens is 144 g/mol. The summed E-state index contributed by atoms with van der Waals surface area (Å²) in [5.41, 5.74) is 0. The lowest BCUT2D eigenvalue weighted by atomic mass is 9.88. The predicted octanol–water partition coefficient (Wildman–Crippen LogP) is 0.898. The van der Waals surface area contributed by atoms with Gasteiger partial charge in [0.05, 0.1) is 6.07 Å². The maximum Gasteiger partial charge on any atom is 0.407 e. The highest BCUT2D eigenvalue weighted by Crippen LogP contribution is 2.26. The van der Waals surface area contributed by atoms with Gasteiger partial charge < -0.3 is 10.0 Å². The van der Waals surface area contributed by atoms with Crippen molar-refractivity contribution in [2.24, 2.45) is 5.92 Å². The Kier molecular flexibility index (Phi) is 1.99. The highest BCUT2D eigenvalue weighted by molar-refractivity contribution is 5.66. The quantitative estimate of drug-likeness (QED) is 0.610. The van der Waals surface area contributed by atoms with Crippen LogP contribution < -0.4 is 0 Å². The number of nitriles is 1. The van der Waals surface area contributed by atoms with Crippen molar-refractivity contribution in [2.75, 3.05) is 6.54 Å². The van der Waals surface area contributed by atoms with Crippen molar-refractivity contribution in [1.82, 2.24) is 4.90 Å². The molecular formula is C7H10N2O2. The van der Waals surface area contributed by atoms with Crippen LogP contribution in [0.25, 0.3) is 0 Å². The van der Waals surface area contributed by atoms with E-state index in [4.69, 9.17) is 10.4 Å². The fraction of sp³-hybridized carbons (Fsp3) is 0.714. The molecule has 0 aromatic rings. The summed E-state index contributed by atoms with van der Waals surface area (Å²) >= 11 is 0. The Hall–Kier alpha value is -1.24. The lowest BCUT2D eigenvalue weighted by Crippen LogP contribution is -2.56. The number of nitrogens with zero attached hydrogens (tertiary/aromatic N) is 2. The molecule has 0 aromatic carbocycles. The summed E-state index contributed by atoms with van der Waals surface area (Å²) in [4.78, 5) is 11.7. The minimum absolute atomic E-state index is 0.0205. The van der Waals surface area contributed by atoms with Crippen molar-refractivity contribution in [3.05, 3.63) is 0 Å². The molecule has 1 fully saturated rings. The Bertz CT molecular complexity index is 209. The summed E-state index contributed by atoms with van der Waals surface area (Å²) in [7, 11) is 0. The number of rotatable bonds is 1. The van der Waals surface area contributed by atoms with Crippen LogP contribution in [0.15, 0.2) is 0 Å². The topological polar surface area (TPSA) is 64.3 Å². The smallest absolute Gasteiger partial charge is 0.407 e. The van der Waals surface area contributed by atoms with E-state index in [1.165, 1.54) is 4.90 Å². The number of carboxylic acid groups (broad SMARTS) is 1. The van der Waals surface area contributed by atoms with Crippen LogP contribution >= 0.6 is 0 Å². The first-order chi connectivity index (χ1) is 5.16. The Labute approximate surface area is 65.0 Å². The van der Waals surface area contributed by atoms with Gasteiger partial charge in [0.1, 0.15) is 0 Å². The van der Waals surface area contributed by atoms with Gasteiger partial charge in [-0.15, -0.1) is 0 Å². The summed E-state index contributed by atoms with van der Waals surface area (Å²) in [6.45, 7) is 2.35. The monoisotopic (exact) mass is 154 g/mol. The molecule has 1 aliphatic heterocycles. The average molecular weight is 154 g/mol. The van der Waals surface area contributed by atoms with E-state index in [-0.39, 0.29) is 12.0 Å². The summed E-state index contributed by atoms with van der Waals surface area (Å²) in [6, 6.07) is 2.06. The largest absolute Gasteiger partial charge is 0.465 e. The van der Waals surface area contributed by atoms with Crippen molar-refractivity contribution in [3.8, 4) is 6.07 Å². The van der Waals surface area contributed by atoms with E-state index in [0.29, 0.717) is 13.0 Å². The zero-order valence-electron chi connectivity index (χ0n) is 6.32. The van der Waals surface area contributed by atoms with Gasteiger partial charge in [-0.2, -0.15) is 5.26 Å². The van der Waals surface area contributed by atoms with E-state index in [1.54, 1.807) is 0 Å². The SMILES string of the molecule is C[C@H]1[C@H](CC#N)CN1C(=O)O. The molecule has 1 heterocycles. The fourth-order valence-electron chi connectivity index (χ4n) is 1.29. The fourth-order valence-corrected chi connectivity index (χ4v) is 1.29. The molecule has 0 unspecified atom stereocenters. The zero-order valence-corrected chi connectivity index (χ0v) is 6.32. The van der Waals surface area contributed by atoms with Crippen LogP contribution in [-0.4, -0.2) is 28.7 Å². The van der Waals surface area contributed by atoms with Gasteiger partial charge in [-0.3, -0.25) is 0 Å². The molecule has 11 heavy (non-hydrogen) atoms. The van der Waals surface area contributed by atoms with E-state index in [9.17, 15) is 4.79 Å². The van der Waals surface area contributed by atoms with Crippen LogP contribution in [0, 0.1) is 17.2 Å². The van der Waals surface area contributed by atoms with Crippen molar-refractivity contribution < 1.29 is 9.90 Å². The minimum Gasteiger partial charge on any atom is -0.465 e. The summed E-state index contributed by atoms with van der Waals surface area (Å²) in [5.74, 6) is 0.246. The van der Waals surface area contributed by atoms with Gasteiger partial charge in [0, 0.05) is 24.9 Å². The van der Waals surface area contributed by atoms with Gasteiger partial charge in [0.2, 0.25) is 0 Å². The molecule has 4 heteroatoms. The second-order valence-corrected chi connectivity index (χ2v) is 2.80. The van der Waals surface area contributed by atoms with Gasteiger partial charge >= 0.3 is 6.09 Å². The van der Waals surface area contributed by atoms with Crippen LogP contribution in [0.4, 0.5) is 4.79 Å². The average Bonchev–Trinajstić information content (AvgIpc) is 1.95. The van der Waals surface area contributed by atoms with Gasteiger partial charge in [0.15, 0.2) is 0 Å². The highest BCUT2D eigenvalue weighted by Gasteiger charge is 2.38. The number of hydrogen-bond donors (Lipinski definition) is 1. The van der Waals surface area contributed by atoms with Gasteiger partial charge in [0.25, 0.3) is 0 Å².